The standard InChI is InChI=1S/C11H8F6N2O/c12-10(13,14)5-1-2-7(11(15,16)17)6(3-5)8-4-18-9(20)19-8/h1-3,8H,4H2,(H2,18,19,20)/t8-/m1/s1. The van der Waals surface area contributed by atoms with Crippen molar-refractivity contribution in [2.45, 2.75) is 18.4 Å². The van der Waals surface area contributed by atoms with Crippen molar-refractivity contribution in [1.82, 2.24) is 10.6 Å². The van der Waals surface area contributed by atoms with E-state index in [1.165, 1.54) is 0 Å². The van der Waals surface area contributed by atoms with Gasteiger partial charge in [0.15, 0.2) is 0 Å². The highest BCUT2D eigenvalue weighted by Crippen LogP contribution is 2.38. The molecule has 2 rings (SSSR count). The topological polar surface area (TPSA) is 41.1 Å². The molecule has 1 fully saturated rings. The highest BCUT2D eigenvalue weighted by Gasteiger charge is 2.39. The lowest BCUT2D eigenvalue weighted by molar-refractivity contribution is -0.142. The maximum atomic E-state index is 12.8. The third kappa shape index (κ3) is 2.81. The van der Waals surface area contributed by atoms with Gasteiger partial charge in [-0.05, 0) is 23.8 Å². The molecule has 0 aliphatic carbocycles. The second-order valence-corrected chi connectivity index (χ2v) is 4.20. The Morgan fingerprint density at radius 2 is 1.70 bits per heavy atom. The molecule has 1 aliphatic heterocycles. The van der Waals surface area contributed by atoms with Gasteiger partial charge in [-0.1, -0.05) is 0 Å². The Bertz CT molecular complexity index is 537. The third-order valence-electron chi connectivity index (χ3n) is 2.83. The molecule has 0 spiro atoms. The molecule has 1 saturated heterocycles. The van der Waals surface area contributed by atoms with Gasteiger partial charge in [0.2, 0.25) is 0 Å². The Kier molecular flexibility index (Phi) is 3.31. The van der Waals surface area contributed by atoms with E-state index < -0.39 is 41.1 Å². The van der Waals surface area contributed by atoms with E-state index in [1.807, 2.05) is 0 Å². The molecule has 20 heavy (non-hydrogen) atoms. The summed E-state index contributed by atoms with van der Waals surface area (Å²) in [6.45, 7) is -0.205. The number of rotatable bonds is 1. The number of urea groups is 1. The molecule has 1 atom stereocenters. The molecule has 3 nitrogen and oxygen atoms in total. The summed E-state index contributed by atoms with van der Waals surface area (Å²) in [6.07, 6.45) is -9.55. The first-order chi connectivity index (χ1) is 9.09. The number of hydrogen-bond acceptors (Lipinski definition) is 1. The van der Waals surface area contributed by atoms with Crippen LogP contribution in [0, 0.1) is 0 Å². The smallest absolute Gasteiger partial charge is 0.336 e. The first-order valence-corrected chi connectivity index (χ1v) is 5.42. The van der Waals surface area contributed by atoms with Gasteiger partial charge in [0, 0.05) is 6.54 Å². The lowest BCUT2D eigenvalue weighted by Crippen LogP contribution is -2.24. The summed E-state index contributed by atoms with van der Waals surface area (Å²) in [7, 11) is 0. The molecule has 0 unspecified atom stereocenters. The molecule has 2 N–H and O–H groups in total. The quantitative estimate of drug-likeness (QED) is 0.769. The van der Waals surface area contributed by atoms with Crippen molar-refractivity contribution in [3.63, 3.8) is 0 Å². The fraction of sp³-hybridized carbons (Fsp3) is 0.364. The van der Waals surface area contributed by atoms with Crippen molar-refractivity contribution in [1.29, 1.82) is 0 Å². The van der Waals surface area contributed by atoms with Gasteiger partial charge in [-0.15, -0.1) is 0 Å². The van der Waals surface area contributed by atoms with E-state index in [9.17, 15) is 31.1 Å². The van der Waals surface area contributed by atoms with Gasteiger partial charge in [0.1, 0.15) is 0 Å². The summed E-state index contributed by atoms with van der Waals surface area (Å²) in [5.41, 5.74) is -2.99. The van der Waals surface area contributed by atoms with E-state index in [0.717, 1.165) is 0 Å². The molecule has 2 amide bonds. The molecular weight excluding hydrogens is 290 g/mol. The lowest BCUT2D eigenvalue weighted by Gasteiger charge is -2.19. The van der Waals surface area contributed by atoms with Crippen molar-refractivity contribution in [3.05, 3.63) is 34.9 Å². The number of nitrogens with one attached hydrogen (secondary N) is 2. The Labute approximate surface area is 109 Å². The van der Waals surface area contributed by atoms with Gasteiger partial charge >= 0.3 is 18.4 Å². The van der Waals surface area contributed by atoms with E-state index >= 15 is 0 Å². The van der Waals surface area contributed by atoms with Crippen LogP contribution in [0.5, 0.6) is 0 Å². The van der Waals surface area contributed by atoms with E-state index in [4.69, 9.17) is 0 Å². The van der Waals surface area contributed by atoms with E-state index in [1.54, 1.807) is 0 Å². The molecule has 0 radical (unpaired) electrons. The summed E-state index contributed by atoms with van der Waals surface area (Å²) in [5, 5.41) is 4.35. The molecular formula is C11H8F6N2O. The lowest BCUT2D eigenvalue weighted by atomic mass is 9.97. The van der Waals surface area contributed by atoms with Crippen LogP contribution in [-0.4, -0.2) is 12.6 Å². The highest BCUT2D eigenvalue weighted by molar-refractivity contribution is 5.77. The van der Waals surface area contributed by atoms with E-state index in [2.05, 4.69) is 10.6 Å². The predicted molar refractivity (Wildman–Crippen MR) is 55.7 cm³/mol. The number of alkyl halides is 6. The fourth-order valence-corrected chi connectivity index (χ4v) is 1.93. The van der Waals surface area contributed by atoms with Crippen LogP contribution in [0.2, 0.25) is 0 Å². The minimum absolute atomic E-state index is 0.205. The Hall–Kier alpha value is -1.93. The van der Waals surface area contributed by atoms with Crippen molar-refractivity contribution in [2.75, 3.05) is 6.54 Å². The van der Waals surface area contributed by atoms with Crippen LogP contribution in [0.3, 0.4) is 0 Å². The molecule has 1 aromatic rings. The van der Waals surface area contributed by atoms with Crippen molar-refractivity contribution < 1.29 is 31.1 Å². The van der Waals surface area contributed by atoms with Gasteiger partial charge < -0.3 is 10.6 Å². The van der Waals surface area contributed by atoms with Crippen LogP contribution in [-0.2, 0) is 12.4 Å². The van der Waals surface area contributed by atoms with Crippen LogP contribution in [0.4, 0.5) is 31.1 Å². The number of carbonyl (C=O) groups is 1. The Balaban J connectivity index is 2.51. The minimum atomic E-state index is -4.80. The van der Waals surface area contributed by atoms with Crippen molar-refractivity contribution >= 4 is 6.03 Å². The zero-order valence-corrected chi connectivity index (χ0v) is 9.69. The Morgan fingerprint density at radius 3 is 2.15 bits per heavy atom. The monoisotopic (exact) mass is 298 g/mol. The maximum absolute atomic E-state index is 12.8. The largest absolute Gasteiger partial charge is 0.416 e. The summed E-state index contributed by atoms with van der Waals surface area (Å²) < 4.78 is 76.2. The zero-order valence-electron chi connectivity index (χ0n) is 9.69. The molecule has 0 aromatic heterocycles. The number of hydrogen-bond donors (Lipinski definition) is 2. The molecule has 0 bridgehead atoms. The van der Waals surface area contributed by atoms with E-state index in [0.29, 0.717) is 18.2 Å². The average molecular weight is 298 g/mol. The van der Waals surface area contributed by atoms with Gasteiger partial charge in [0.25, 0.3) is 0 Å². The summed E-state index contributed by atoms with van der Waals surface area (Å²) >= 11 is 0. The SMILES string of the molecule is O=C1NC[C@H](c2cc(C(F)(F)F)ccc2C(F)(F)F)N1. The van der Waals surface area contributed by atoms with E-state index in [-0.39, 0.29) is 6.54 Å². The second-order valence-electron chi connectivity index (χ2n) is 4.20. The van der Waals surface area contributed by atoms with Crippen LogP contribution in [0.25, 0.3) is 0 Å². The fourth-order valence-electron chi connectivity index (χ4n) is 1.93. The van der Waals surface area contributed by atoms with Gasteiger partial charge in [-0.2, -0.15) is 26.3 Å². The van der Waals surface area contributed by atoms with Gasteiger partial charge in [0.05, 0.1) is 17.2 Å². The highest BCUT2D eigenvalue weighted by atomic mass is 19.4. The van der Waals surface area contributed by atoms with Crippen LogP contribution < -0.4 is 10.6 Å². The van der Waals surface area contributed by atoms with Crippen LogP contribution in [0.1, 0.15) is 22.7 Å². The minimum Gasteiger partial charge on any atom is -0.336 e. The van der Waals surface area contributed by atoms with Crippen LogP contribution >= 0.6 is 0 Å². The molecule has 0 saturated carbocycles. The molecule has 1 heterocycles. The first-order valence-electron chi connectivity index (χ1n) is 5.42. The van der Waals surface area contributed by atoms with Crippen LogP contribution in [0.15, 0.2) is 18.2 Å². The number of amides is 2. The number of carbonyl (C=O) groups excluding carboxylic acids is 1. The van der Waals surface area contributed by atoms with Crippen molar-refractivity contribution in [3.8, 4) is 0 Å². The predicted octanol–water partition coefficient (Wildman–Crippen LogP) is 3.08. The van der Waals surface area contributed by atoms with Gasteiger partial charge in [-0.25, -0.2) is 4.79 Å². The summed E-state index contributed by atoms with van der Waals surface area (Å²) in [4.78, 5) is 10.9. The number of benzene rings is 1. The first kappa shape index (κ1) is 14.5. The molecule has 110 valence electrons. The second kappa shape index (κ2) is 4.57. The summed E-state index contributed by atoms with van der Waals surface area (Å²) in [5.74, 6) is 0. The molecule has 9 heteroatoms. The molecule has 1 aliphatic rings. The van der Waals surface area contributed by atoms with Crippen molar-refractivity contribution in [2.24, 2.45) is 0 Å². The normalized spacial score (nSPS) is 19.7. The summed E-state index contributed by atoms with van der Waals surface area (Å²) in [6, 6.07) is -0.707. The molecule has 1 aromatic carbocycles. The average Bonchev–Trinajstić information content (AvgIpc) is 2.72. The maximum Gasteiger partial charge on any atom is 0.416 e. The van der Waals surface area contributed by atoms with Gasteiger partial charge in [-0.3, -0.25) is 0 Å². The number of halogens is 6. The Morgan fingerprint density at radius 1 is 1.05 bits per heavy atom. The third-order valence-corrected chi connectivity index (χ3v) is 2.83. The zero-order chi connectivity index (χ0) is 15.1.